The molecular formula is C64H69N3O. The van der Waals surface area contributed by atoms with Gasteiger partial charge in [0.25, 0.3) is 0 Å². The zero-order valence-corrected chi connectivity index (χ0v) is 42.9. The highest BCUT2D eigenvalue weighted by Crippen LogP contribution is 2.48. The zero-order valence-electron chi connectivity index (χ0n) is 42.9. The third kappa shape index (κ3) is 7.88. The summed E-state index contributed by atoms with van der Waals surface area (Å²) in [6.07, 6.45) is 4.42. The largest absolute Gasteiger partial charge is 0.455 e. The SMILES string of the molecule is CC(C)c1cc(-c2ccc(-c3ccc4c(c3)C(C)(C)CCC4(C)C)cc2)cc(C(C)C)c1-n1c(-c2cccc3c2oc2cc(-c4cc(C(C)(C)C)cc(C(C)(C)C)c4)ncc23)nc2ccccc21. The first-order valence-electron chi connectivity index (χ1n) is 25.0. The van der Waals surface area contributed by atoms with Gasteiger partial charge >= 0.3 is 0 Å². The Balaban J connectivity index is 1.10. The molecule has 10 rings (SSSR count). The van der Waals surface area contributed by atoms with Crippen LogP contribution in [-0.2, 0) is 21.7 Å². The third-order valence-corrected chi connectivity index (χ3v) is 15.2. The number of nitrogens with zero attached hydrogens (tertiary/aromatic N) is 3. The van der Waals surface area contributed by atoms with Gasteiger partial charge in [-0.15, -0.1) is 0 Å². The van der Waals surface area contributed by atoms with Crippen LogP contribution in [0.3, 0.4) is 0 Å². The minimum atomic E-state index is -0.00501. The molecule has 1 aliphatic rings. The molecule has 0 spiro atoms. The van der Waals surface area contributed by atoms with Crippen molar-refractivity contribution in [1.82, 2.24) is 14.5 Å². The van der Waals surface area contributed by atoms with Crippen LogP contribution in [0.4, 0.5) is 0 Å². The first-order chi connectivity index (χ1) is 32.1. The van der Waals surface area contributed by atoms with Crippen molar-refractivity contribution in [1.29, 1.82) is 0 Å². The summed E-state index contributed by atoms with van der Waals surface area (Å²) < 4.78 is 9.43. The summed E-state index contributed by atoms with van der Waals surface area (Å²) >= 11 is 0. The van der Waals surface area contributed by atoms with Crippen LogP contribution < -0.4 is 0 Å². The Morgan fingerprint density at radius 3 is 1.76 bits per heavy atom. The minimum absolute atomic E-state index is 0.00501. The van der Waals surface area contributed by atoms with Gasteiger partial charge in [0.1, 0.15) is 17.0 Å². The Morgan fingerprint density at radius 1 is 0.559 bits per heavy atom. The number of benzene rings is 6. The lowest BCUT2D eigenvalue weighted by atomic mass is 9.63. The lowest BCUT2D eigenvalue weighted by Crippen LogP contribution is -2.33. The third-order valence-electron chi connectivity index (χ3n) is 15.2. The van der Waals surface area contributed by atoms with Gasteiger partial charge in [0.2, 0.25) is 0 Å². The van der Waals surface area contributed by atoms with Gasteiger partial charge in [0, 0.05) is 28.6 Å². The topological polar surface area (TPSA) is 43.9 Å². The fraction of sp³-hybridized carbons (Fsp3) is 0.344. The van der Waals surface area contributed by atoms with E-state index in [9.17, 15) is 0 Å². The summed E-state index contributed by atoms with van der Waals surface area (Å²) in [7, 11) is 0. The lowest BCUT2D eigenvalue weighted by molar-refractivity contribution is 0.332. The number of hydrogen-bond donors (Lipinski definition) is 0. The van der Waals surface area contributed by atoms with Crippen molar-refractivity contribution < 1.29 is 4.42 Å². The molecule has 0 atom stereocenters. The maximum absolute atomic E-state index is 7.01. The van der Waals surface area contributed by atoms with Gasteiger partial charge in [-0.25, -0.2) is 4.98 Å². The predicted molar refractivity (Wildman–Crippen MR) is 289 cm³/mol. The molecule has 3 heterocycles. The molecule has 0 amide bonds. The Kier molecular flexibility index (Phi) is 10.8. The van der Waals surface area contributed by atoms with Gasteiger partial charge in [-0.05, 0) is 144 Å². The number of hydrogen-bond acceptors (Lipinski definition) is 3. The number of imidazole rings is 1. The molecule has 68 heavy (non-hydrogen) atoms. The smallest absolute Gasteiger partial charge is 0.149 e. The molecule has 3 aromatic heterocycles. The minimum Gasteiger partial charge on any atom is -0.455 e. The Hall–Kier alpha value is -6.26. The maximum Gasteiger partial charge on any atom is 0.149 e. The van der Waals surface area contributed by atoms with Crippen molar-refractivity contribution >= 4 is 33.0 Å². The molecule has 0 N–H and O–H groups in total. The molecule has 9 aromatic rings. The lowest BCUT2D eigenvalue weighted by Gasteiger charge is -2.42. The second kappa shape index (κ2) is 16.2. The first kappa shape index (κ1) is 45.5. The fourth-order valence-corrected chi connectivity index (χ4v) is 10.7. The molecule has 4 heteroatoms. The molecular weight excluding hydrogens is 827 g/mol. The van der Waals surface area contributed by atoms with E-state index in [1.807, 2.05) is 6.20 Å². The van der Waals surface area contributed by atoms with Crippen molar-refractivity contribution in [2.24, 2.45) is 0 Å². The van der Waals surface area contributed by atoms with Crippen LogP contribution in [0.15, 0.2) is 132 Å². The average Bonchev–Trinajstić information content (AvgIpc) is 3.88. The van der Waals surface area contributed by atoms with E-state index in [1.165, 1.54) is 74.2 Å². The van der Waals surface area contributed by atoms with E-state index in [0.29, 0.717) is 0 Å². The van der Waals surface area contributed by atoms with E-state index in [0.717, 1.165) is 55.6 Å². The molecule has 346 valence electrons. The normalized spacial score (nSPS) is 15.0. The molecule has 1 aliphatic carbocycles. The van der Waals surface area contributed by atoms with Crippen molar-refractivity contribution in [3.63, 3.8) is 0 Å². The van der Waals surface area contributed by atoms with Crippen LogP contribution in [-0.4, -0.2) is 14.5 Å². The van der Waals surface area contributed by atoms with Crippen molar-refractivity contribution in [2.45, 2.75) is 143 Å². The monoisotopic (exact) mass is 896 g/mol. The summed E-state index contributed by atoms with van der Waals surface area (Å²) in [5, 5.41) is 2.03. The number of pyridine rings is 1. The van der Waals surface area contributed by atoms with E-state index in [-0.39, 0.29) is 33.5 Å². The van der Waals surface area contributed by atoms with Gasteiger partial charge in [0.15, 0.2) is 0 Å². The van der Waals surface area contributed by atoms with Crippen molar-refractivity contribution in [2.75, 3.05) is 0 Å². The summed E-state index contributed by atoms with van der Waals surface area (Å²) in [6, 6.07) is 45.4. The molecule has 0 aliphatic heterocycles. The maximum atomic E-state index is 7.01. The van der Waals surface area contributed by atoms with Gasteiger partial charge in [-0.2, -0.15) is 0 Å². The molecule has 0 bridgehead atoms. The molecule has 0 saturated heterocycles. The van der Waals surface area contributed by atoms with E-state index in [2.05, 4.69) is 223 Å². The van der Waals surface area contributed by atoms with Crippen LogP contribution in [0.5, 0.6) is 0 Å². The standard InChI is InChI=1S/C64H69N3O/c1-38(2)49-32-43(41-24-22-40(23-25-41)42-26-27-52-53(34-42)64(13,14)29-28-63(52,11)12)33-50(39(3)4)58(49)67-56-21-16-15-20-54(56)66-60(67)48-19-17-18-47-51-37-65-55(36-57(51)68-59(47)48)44-30-45(61(5,6)7)35-46(31-44)62(8,9)10/h15-27,30-39H,28-29H2,1-14H3. The Bertz CT molecular complexity index is 3350. The fourth-order valence-electron chi connectivity index (χ4n) is 10.7. The average molecular weight is 896 g/mol. The van der Waals surface area contributed by atoms with E-state index < -0.39 is 0 Å². The van der Waals surface area contributed by atoms with Gasteiger partial charge in [-0.1, -0.05) is 170 Å². The molecule has 4 nitrogen and oxygen atoms in total. The van der Waals surface area contributed by atoms with Gasteiger partial charge in [0.05, 0.1) is 28.0 Å². The summed E-state index contributed by atoms with van der Waals surface area (Å²) in [5.41, 5.74) is 21.4. The van der Waals surface area contributed by atoms with Crippen LogP contribution >= 0.6 is 0 Å². The number of furan rings is 1. The highest BCUT2D eigenvalue weighted by Gasteiger charge is 2.37. The Morgan fingerprint density at radius 2 is 1.15 bits per heavy atom. The second-order valence-corrected chi connectivity index (χ2v) is 23.8. The summed E-state index contributed by atoms with van der Waals surface area (Å²) in [6.45, 7) is 32.6. The highest BCUT2D eigenvalue weighted by molar-refractivity contribution is 6.10. The highest BCUT2D eigenvalue weighted by atomic mass is 16.3. The molecule has 0 fully saturated rings. The van der Waals surface area contributed by atoms with Crippen molar-refractivity contribution in [3.05, 3.63) is 161 Å². The van der Waals surface area contributed by atoms with Crippen LogP contribution in [0.25, 0.3) is 83.6 Å². The number of rotatable bonds is 7. The van der Waals surface area contributed by atoms with E-state index in [4.69, 9.17) is 14.4 Å². The van der Waals surface area contributed by atoms with Crippen molar-refractivity contribution in [3.8, 4) is 50.6 Å². The second-order valence-electron chi connectivity index (χ2n) is 23.8. The Labute approximate surface area is 404 Å². The molecule has 6 aromatic carbocycles. The van der Waals surface area contributed by atoms with E-state index in [1.54, 1.807) is 0 Å². The van der Waals surface area contributed by atoms with Crippen LogP contribution in [0.2, 0.25) is 0 Å². The molecule has 0 radical (unpaired) electrons. The quantitative estimate of drug-likeness (QED) is 0.160. The predicted octanol–water partition coefficient (Wildman–Crippen LogP) is 18.2. The number of aromatic nitrogens is 3. The number of para-hydroxylation sites is 3. The molecule has 0 unspecified atom stereocenters. The van der Waals surface area contributed by atoms with Gasteiger partial charge in [-0.3, -0.25) is 9.55 Å². The first-order valence-corrected chi connectivity index (χ1v) is 25.0. The molecule has 0 saturated carbocycles. The van der Waals surface area contributed by atoms with Gasteiger partial charge < -0.3 is 4.42 Å². The van der Waals surface area contributed by atoms with Crippen LogP contribution in [0.1, 0.15) is 155 Å². The number of fused-ring (bicyclic) bond motifs is 5. The zero-order chi connectivity index (χ0) is 48.2. The van der Waals surface area contributed by atoms with E-state index >= 15 is 0 Å². The van der Waals surface area contributed by atoms with Crippen LogP contribution in [0, 0.1) is 0 Å². The summed E-state index contributed by atoms with van der Waals surface area (Å²) in [4.78, 5) is 10.6. The summed E-state index contributed by atoms with van der Waals surface area (Å²) in [5.74, 6) is 1.34.